The van der Waals surface area contributed by atoms with Gasteiger partial charge in [-0.3, -0.25) is 19.8 Å². The van der Waals surface area contributed by atoms with E-state index in [0.29, 0.717) is 11.6 Å². The number of likely N-dealkylation sites (N-methyl/N-ethyl adjacent to an activating group) is 1. The average molecular weight is 388 g/mol. The molecule has 1 aliphatic rings. The van der Waals surface area contributed by atoms with Crippen LogP contribution in [-0.4, -0.2) is 32.9 Å². The second kappa shape index (κ2) is 7.05. The number of aromatic nitrogens is 1. The minimum absolute atomic E-state index is 0.0693. The van der Waals surface area contributed by atoms with Gasteiger partial charge in [0.2, 0.25) is 0 Å². The van der Waals surface area contributed by atoms with Gasteiger partial charge in [0.1, 0.15) is 5.57 Å². The fourth-order valence-corrected chi connectivity index (χ4v) is 3.60. The molecule has 0 unspecified atom stereocenters. The molecular weight excluding hydrogens is 370 g/mol. The van der Waals surface area contributed by atoms with Gasteiger partial charge >= 0.3 is 0 Å². The minimum Gasteiger partial charge on any atom is -0.316 e. The third kappa shape index (κ3) is 3.06. The number of hydrogen-bond donors (Lipinski definition) is 1. The molecule has 0 radical (unpaired) electrons. The Bertz CT molecular complexity index is 962. The summed E-state index contributed by atoms with van der Waals surface area (Å²) in [7, 11) is 0. The van der Waals surface area contributed by atoms with Crippen molar-refractivity contribution in [2.45, 2.75) is 20.8 Å². The lowest BCUT2D eigenvalue weighted by Crippen LogP contribution is -2.53. The minimum atomic E-state index is -0.479. The van der Waals surface area contributed by atoms with Crippen LogP contribution in [0.3, 0.4) is 0 Å². The maximum absolute atomic E-state index is 12.6. The van der Waals surface area contributed by atoms with Gasteiger partial charge in [-0.15, -0.1) is 0 Å². The van der Waals surface area contributed by atoms with E-state index in [1.807, 2.05) is 55.7 Å². The van der Waals surface area contributed by atoms with Crippen LogP contribution in [0.2, 0.25) is 5.02 Å². The SMILES string of the molecule is CCN1C(=O)/C(=C/c2cc(C)n(-c3ccccc3Cl)c2C)C(=O)NC1=S. The predicted octanol–water partition coefficient (Wildman–Crippen LogP) is 3.39. The molecule has 1 aromatic heterocycles. The Labute approximate surface area is 162 Å². The Balaban J connectivity index is 2.09. The standard InChI is InChI=1S/C19H18ClN3O2S/c1-4-22-18(25)14(17(24)21-19(22)26)10-13-9-11(2)23(12(13)3)16-8-6-5-7-15(16)20/h5-10H,4H2,1-3H3,(H,21,24,26)/b14-10+. The van der Waals surface area contributed by atoms with Crippen molar-refractivity contribution in [3.63, 3.8) is 0 Å². The number of benzene rings is 1. The third-order valence-electron chi connectivity index (χ3n) is 4.37. The van der Waals surface area contributed by atoms with Crippen LogP contribution in [0.25, 0.3) is 11.8 Å². The van der Waals surface area contributed by atoms with Crippen LogP contribution in [0.1, 0.15) is 23.9 Å². The molecular formula is C19H18ClN3O2S. The maximum atomic E-state index is 12.6. The van der Waals surface area contributed by atoms with Crippen LogP contribution < -0.4 is 5.32 Å². The van der Waals surface area contributed by atoms with E-state index in [4.69, 9.17) is 23.8 Å². The van der Waals surface area contributed by atoms with Gasteiger partial charge in [-0.2, -0.15) is 0 Å². The fourth-order valence-electron chi connectivity index (χ4n) is 3.07. The molecule has 2 aromatic rings. The van der Waals surface area contributed by atoms with Crippen molar-refractivity contribution >= 4 is 46.8 Å². The fraction of sp³-hybridized carbons (Fsp3) is 0.211. The number of halogens is 1. The van der Waals surface area contributed by atoms with Crippen LogP contribution in [-0.2, 0) is 9.59 Å². The summed E-state index contributed by atoms with van der Waals surface area (Å²) in [5.41, 5.74) is 3.54. The number of hydrogen-bond acceptors (Lipinski definition) is 3. The highest BCUT2D eigenvalue weighted by atomic mass is 35.5. The second-order valence-electron chi connectivity index (χ2n) is 5.98. The highest BCUT2D eigenvalue weighted by molar-refractivity contribution is 7.80. The first-order valence-corrected chi connectivity index (χ1v) is 8.96. The van der Waals surface area contributed by atoms with Crippen LogP contribution in [0, 0.1) is 13.8 Å². The number of nitrogens with one attached hydrogen (secondary N) is 1. The Kier molecular flexibility index (Phi) is 4.98. The first-order chi connectivity index (χ1) is 12.3. The smallest absolute Gasteiger partial charge is 0.265 e. The normalized spacial score (nSPS) is 16.4. The topological polar surface area (TPSA) is 54.3 Å². The number of nitrogens with zero attached hydrogens (tertiary/aromatic N) is 2. The van der Waals surface area contributed by atoms with E-state index >= 15 is 0 Å². The lowest BCUT2D eigenvalue weighted by atomic mass is 10.1. The summed E-state index contributed by atoms with van der Waals surface area (Å²) >= 11 is 11.4. The summed E-state index contributed by atoms with van der Waals surface area (Å²) in [6.07, 6.45) is 1.61. The van der Waals surface area contributed by atoms with Gasteiger partial charge < -0.3 is 4.57 Å². The Hall–Kier alpha value is -2.44. The molecule has 0 bridgehead atoms. The molecule has 1 N–H and O–H groups in total. The molecule has 2 heterocycles. The van der Waals surface area contributed by atoms with E-state index in [1.54, 1.807) is 6.08 Å². The van der Waals surface area contributed by atoms with Crippen molar-refractivity contribution < 1.29 is 9.59 Å². The van der Waals surface area contributed by atoms with Crippen molar-refractivity contribution in [1.82, 2.24) is 14.8 Å². The molecule has 5 nitrogen and oxygen atoms in total. The summed E-state index contributed by atoms with van der Waals surface area (Å²) in [5.74, 6) is -0.865. The summed E-state index contributed by atoms with van der Waals surface area (Å²) < 4.78 is 2.00. The maximum Gasteiger partial charge on any atom is 0.265 e. The van der Waals surface area contributed by atoms with Crippen LogP contribution in [0.15, 0.2) is 35.9 Å². The second-order valence-corrected chi connectivity index (χ2v) is 6.77. The summed E-state index contributed by atoms with van der Waals surface area (Å²) in [5, 5.41) is 3.33. The van der Waals surface area contributed by atoms with Gasteiger partial charge in [0, 0.05) is 17.9 Å². The van der Waals surface area contributed by atoms with Gasteiger partial charge in [0.05, 0.1) is 10.7 Å². The molecule has 0 atom stereocenters. The molecule has 1 aliphatic heterocycles. The third-order valence-corrected chi connectivity index (χ3v) is 5.01. The number of carbonyl (C=O) groups is 2. The van der Waals surface area contributed by atoms with E-state index in [-0.39, 0.29) is 16.6 Å². The van der Waals surface area contributed by atoms with Crippen molar-refractivity contribution in [3.8, 4) is 5.69 Å². The molecule has 3 rings (SSSR count). The lowest BCUT2D eigenvalue weighted by molar-refractivity contribution is -0.128. The zero-order valence-corrected chi connectivity index (χ0v) is 16.2. The van der Waals surface area contributed by atoms with Crippen LogP contribution >= 0.6 is 23.8 Å². The van der Waals surface area contributed by atoms with Crippen molar-refractivity contribution in [1.29, 1.82) is 0 Å². The largest absolute Gasteiger partial charge is 0.316 e. The number of carbonyl (C=O) groups excluding carboxylic acids is 2. The Morgan fingerprint density at radius 2 is 1.92 bits per heavy atom. The highest BCUT2D eigenvalue weighted by Crippen LogP contribution is 2.28. The van der Waals surface area contributed by atoms with Crippen molar-refractivity contribution in [3.05, 3.63) is 57.9 Å². The van der Waals surface area contributed by atoms with Gasteiger partial charge in [-0.25, -0.2) is 0 Å². The zero-order valence-electron chi connectivity index (χ0n) is 14.7. The monoisotopic (exact) mass is 387 g/mol. The van der Waals surface area contributed by atoms with Gasteiger partial charge in [0.25, 0.3) is 11.8 Å². The molecule has 1 fully saturated rings. The van der Waals surface area contributed by atoms with Gasteiger partial charge in [0.15, 0.2) is 5.11 Å². The van der Waals surface area contributed by atoms with E-state index in [0.717, 1.165) is 22.6 Å². The first kappa shape index (κ1) is 18.4. The summed E-state index contributed by atoms with van der Waals surface area (Å²) in [6, 6.07) is 9.46. The van der Waals surface area contributed by atoms with Crippen molar-refractivity contribution in [2.75, 3.05) is 6.54 Å². The molecule has 1 aromatic carbocycles. The Morgan fingerprint density at radius 3 is 2.58 bits per heavy atom. The van der Waals surface area contributed by atoms with E-state index in [1.165, 1.54) is 4.90 Å². The molecule has 0 saturated carbocycles. The number of rotatable bonds is 3. The molecule has 0 spiro atoms. The molecule has 26 heavy (non-hydrogen) atoms. The quantitative estimate of drug-likeness (QED) is 0.499. The Morgan fingerprint density at radius 1 is 1.23 bits per heavy atom. The molecule has 1 saturated heterocycles. The van der Waals surface area contributed by atoms with Gasteiger partial charge in [-0.05, 0) is 62.8 Å². The van der Waals surface area contributed by atoms with Crippen LogP contribution in [0.5, 0.6) is 0 Å². The van der Waals surface area contributed by atoms with Gasteiger partial charge in [-0.1, -0.05) is 23.7 Å². The number of thiocarbonyl (C=S) groups is 1. The number of para-hydroxylation sites is 1. The number of aryl methyl sites for hydroxylation is 1. The average Bonchev–Trinajstić information content (AvgIpc) is 2.86. The van der Waals surface area contributed by atoms with Crippen molar-refractivity contribution in [2.24, 2.45) is 0 Å². The zero-order chi connectivity index (χ0) is 19.0. The number of amides is 2. The molecule has 2 amide bonds. The molecule has 0 aliphatic carbocycles. The van der Waals surface area contributed by atoms with Crippen LogP contribution in [0.4, 0.5) is 0 Å². The lowest BCUT2D eigenvalue weighted by Gasteiger charge is -2.27. The van der Waals surface area contributed by atoms with E-state index in [9.17, 15) is 9.59 Å². The summed E-state index contributed by atoms with van der Waals surface area (Å²) in [6.45, 7) is 6.08. The predicted molar refractivity (Wildman–Crippen MR) is 106 cm³/mol. The first-order valence-electron chi connectivity index (χ1n) is 8.17. The van der Waals surface area contributed by atoms with E-state index in [2.05, 4.69) is 5.32 Å². The molecule has 7 heteroatoms. The molecule has 134 valence electrons. The summed E-state index contributed by atoms with van der Waals surface area (Å²) in [4.78, 5) is 26.2. The van der Waals surface area contributed by atoms with E-state index < -0.39 is 5.91 Å². The highest BCUT2D eigenvalue weighted by Gasteiger charge is 2.32.